The number of nitrogens with two attached hydrogens (primary N) is 2. The largest absolute Gasteiger partial charge is 0.445 e. The molecule has 82 valence electrons. The standard InChI is InChI=1S/C8H9NO2.C3H7N/c9-8(10)11-6-7-4-2-1-3-5-7;1-2-3-4/h1-5H,6H2,(H2,9,10);2H,1,3-4H2. The van der Waals surface area contributed by atoms with Crippen molar-refractivity contribution in [3.8, 4) is 0 Å². The molecule has 4 nitrogen and oxygen atoms in total. The molecule has 0 saturated carbocycles. The monoisotopic (exact) mass is 208 g/mol. The second kappa shape index (κ2) is 8.77. The van der Waals surface area contributed by atoms with E-state index in [9.17, 15) is 4.79 Å². The molecule has 0 fully saturated rings. The average Bonchev–Trinajstić information content (AvgIpc) is 2.28. The first-order valence-electron chi connectivity index (χ1n) is 4.47. The van der Waals surface area contributed by atoms with Crippen LogP contribution in [0, 0.1) is 0 Å². The van der Waals surface area contributed by atoms with Crippen LogP contribution in [0.1, 0.15) is 5.56 Å². The Morgan fingerprint density at radius 3 is 2.33 bits per heavy atom. The van der Waals surface area contributed by atoms with E-state index in [1.807, 2.05) is 30.3 Å². The van der Waals surface area contributed by atoms with Crippen molar-refractivity contribution in [1.82, 2.24) is 0 Å². The van der Waals surface area contributed by atoms with Crippen LogP contribution in [0.25, 0.3) is 0 Å². The van der Waals surface area contributed by atoms with E-state index in [2.05, 4.69) is 11.3 Å². The number of amides is 1. The summed E-state index contributed by atoms with van der Waals surface area (Å²) >= 11 is 0. The van der Waals surface area contributed by atoms with Gasteiger partial charge in [0.05, 0.1) is 0 Å². The predicted octanol–water partition coefficient (Wildman–Crippen LogP) is 1.41. The van der Waals surface area contributed by atoms with E-state index in [4.69, 9.17) is 11.5 Å². The average molecular weight is 208 g/mol. The Kier molecular flexibility index (Phi) is 7.71. The summed E-state index contributed by atoms with van der Waals surface area (Å²) in [5.41, 5.74) is 10.6. The molecule has 0 aliphatic rings. The Hall–Kier alpha value is -1.81. The number of primary amides is 1. The summed E-state index contributed by atoms with van der Waals surface area (Å²) in [4.78, 5) is 10.2. The van der Waals surface area contributed by atoms with E-state index >= 15 is 0 Å². The van der Waals surface area contributed by atoms with Crippen LogP contribution in [0.15, 0.2) is 43.0 Å². The first-order valence-corrected chi connectivity index (χ1v) is 4.47. The maximum Gasteiger partial charge on any atom is 0.404 e. The highest BCUT2D eigenvalue weighted by atomic mass is 16.5. The first kappa shape index (κ1) is 13.2. The molecule has 4 N–H and O–H groups in total. The molecule has 0 aliphatic heterocycles. The van der Waals surface area contributed by atoms with Crippen LogP contribution >= 0.6 is 0 Å². The third kappa shape index (κ3) is 8.52. The molecule has 1 aromatic carbocycles. The van der Waals surface area contributed by atoms with Gasteiger partial charge in [-0.2, -0.15) is 0 Å². The number of hydrogen-bond donors (Lipinski definition) is 2. The summed E-state index contributed by atoms with van der Waals surface area (Å²) in [6, 6.07) is 9.37. The zero-order chi connectivity index (χ0) is 11.5. The van der Waals surface area contributed by atoms with Gasteiger partial charge in [-0.1, -0.05) is 36.4 Å². The zero-order valence-electron chi connectivity index (χ0n) is 8.56. The third-order valence-corrected chi connectivity index (χ3v) is 1.39. The van der Waals surface area contributed by atoms with Crippen molar-refractivity contribution in [1.29, 1.82) is 0 Å². The molecule has 1 amide bonds. The molecule has 1 aromatic rings. The van der Waals surface area contributed by atoms with Crippen molar-refractivity contribution in [2.45, 2.75) is 6.61 Å². The Balaban J connectivity index is 0.000000423. The van der Waals surface area contributed by atoms with Crippen molar-refractivity contribution in [2.75, 3.05) is 6.54 Å². The lowest BCUT2D eigenvalue weighted by Crippen LogP contribution is -2.12. The topological polar surface area (TPSA) is 78.3 Å². The molecular formula is C11H16N2O2. The Labute approximate surface area is 89.5 Å². The zero-order valence-corrected chi connectivity index (χ0v) is 8.56. The second-order valence-electron chi connectivity index (χ2n) is 2.62. The van der Waals surface area contributed by atoms with Gasteiger partial charge in [0.15, 0.2) is 0 Å². The molecule has 0 aromatic heterocycles. The van der Waals surface area contributed by atoms with Gasteiger partial charge in [0, 0.05) is 6.54 Å². The smallest absolute Gasteiger partial charge is 0.404 e. The molecule has 0 heterocycles. The minimum Gasteiger partial charge on any atom is -0.445 e. The molecule has 0 radical (unpaired) electrons. The molecule has 1 rings (SSSR count). The normalized spacial score (nSPS) is 8.33. The summed E-state index contributed by atoms with van der Waals surface area (Å²) in [6.07, 6.45) is 0.911. The summed E-state index contributed by atoms with van der Waals surface area (Å²) < 4.78 is 4.57. The van der Waals surface area contributed by atoms with Gasteiger partial charge in [0.25, 0.3) is 0 Å². The van der Waals surface area contributed by atoms with Crippen molar-refractivity contribution in [2.24, 2.45) is 11.5 Å². The number of carbonyl (C=O) groups excluding carboxylic acids is 1. The molecule has 0 spiro atoms. The van der Waals surface area contributed by atoms with Crippen LogP contribution in [0.5, 0.6) is 0 Å². The van der Waals surface area contributed by atoms with E-state index in [1.165, 1.54) is 0 Å². The van der Waals surface area contributed by atoms with Gasteiger partial charge in [-0.25, -0.2) is 4.79 Å². The number of hydrogen-bond acceptors (Lipinski definition) is 3. The molecular weight excluding hydrogens is 192 g/mol. The fourth-order valence-electron chi connectivity index (χ4n) is 0.729. The third-order valence-electron chi connectivity index (χ3n) is 1.39. The lowest BCUT2D eigenvalue weighted by atomic mass is 10.2. The van der Waals surface area contributed by atoms with Crippen molar-refractivity contribution < 1.29 is 9.53 Å². The molecule has 0 unspecified atom stereocenters. The van der Waals surface area contributed by atoms with Crippen LogP contribution in [0.2, 0.25) is 0 Å². The number of ether oxygens (including phenoxy) is 1. The Morgan fingerprint density at radius 2 is 1.93 bits per heavy atom. The first-order chi connectivity index (χ1) is 7.20. The van der Waals surface area contributed by atoms with E-state index < -0.39 is 6.09 Å². The van der Waals surface area contributed by atoms with E-state index in [0.29, 0.717) is 6.54 Å². The van der Waals surface area contributed by atoms with E-state index in [-0.39, 0.29) is 6.61 Å². The minimum atomic E-state index is -0.742. The maximum atomic E-state index is 10.2. The molecule has 0 saturated heterocycles. The van der Waals surface area contributed by atoms with Crippen LogP contribution in [-0.2, 0) is 11.3 Å². The lowest BCUT2D eigenvalue weighted by molar-refractivity contribution is 0.150. The van der Waals surface area contributed by atoms with Crippen molar-refractivity contribution >= 4 is 6.09 Å². The molecule has 0 atom stereocenters. The SMILES string of the molecule is C=CCN.NC(=O)OCc1ccccc1. The van der Waals surface area contributed by atoms with Gasteiger partial charge in [-0.05, 0) is 5.56 Å². The fourth-order valence-corrected chi connectivity index (χ4v) is 0.729. The van der Waals surface area contributed by atoms with Crippen LogP contribution in [-0.4, -0.2) is 12.6 Å². The van der Waals surface area contributed by atoms with Crippen LogP contribution < -0.4 is 11.5 Å². The number of carbonyl (C=O) groups is 1. The van der Waals surface area contributed by atoms with E-state index in [0.717, 1.165) is 5.56 Å². The highest BCUT2D eigenvalue weighted by Crippen LogP contribution is 1.99. The summed E-state index contributed by atoms with van der Waals surface area (Å²) in [5, 5.41) is 0. The van der Waals surface area contributed by atoms with Gasteiger partial charge in [-0.3, -0.25) is 0 Å². The Bertz CT molecular complexity index is 286. The summed E-state index contributed by atoms with van der Waals surface area (Å²) in [7, 11) is 0. The van der Waals surface area contributed by atoms with Gasteiger partial charge < -0.3 is 16.2 Å². The van der Waals surface area contributed by atoms with Gasteiger partial charge in [0.1, 0.15) is 6.61 Å². The highest BCUT2D eigenvalue weighted by molar-refractivity contribution is 5.64. The minimum absolute atomic E-state index is 0.246. The molecule has 4 heteroatoms. The van der Waals surface area contributed by atoms with Crippen molar-refractivity contribution in [3.05, 3.63) is 48.6 Å². The maximum absolute atomic E-state index is 10.2. The van der Waals surface area contributed by atoms with Crippen LogP contribution in [0.3, 0.4) is 0 Å². The molecule has 0 aliphatic carbocycles. The predicted molar refractivity (Wildman–Crippen MR) is 60.1 cm³/mol. The van der Waals surface area contributed by atoms with Gasteiger partial charge in [0.2, 0.25) is 0 Å². The molecule has 0 bridgehead atoms. The second-order valence-corrected chi connectivity index (χ2v) is 2.62. The van der Waals surface area contributed by atoms with Gasteiger partial charge in [-0.15, -0.1) is 6.58 Å². The van der Waals surface area contributed by atoms with Gasteiger partial charge >= 0.3 is 6.09 Å². The molecule has 15 heavy (non-hydrogen) atoms. The number of benzene rings is 1. The quantitative estimate of drug-likeness (QED) is 0.737. The Morgan fingerprint density at radius 1 is 1.40 bits per heavy atom. The van der Waals surface area contributed by atoms with E-state index in [1.54, 1.807) is 6.08 Å². The van der Waals surface area contributed by atoms with Crippen LogP contribution in [0.4, 0.5) is 4.79 Å². The fraction of sp³-hybridized carbons (Fsp3) is 0.182. The highest BCUT2D eigenvalue weighted by Gasteiger charge is 1.93. The summed E-state index contributed by atoms with van der Waals surface area (Å²) in [5.74, 6) is 0. The van der Waals surface area contributed by atoms with Crippen molar-refractivity contribution in [3.63, 3.8) is 0 Å². The lowest BCUT2D eigenvalue weighted by Gasteiger charge is -1.99. The number of rotatable bonds is 3. The summed E-state index contributed by atoms with van der Waals surface area (Å²) in [6.45, 7) is 4.18.